The maximum atomic E-state index is 12.3. The summed E-state index contributed by atoms with van der Waals surface area (Å²) in [5.74, 6) is -0.136. The molecule has 0 radical (unpaired) electrons. The van der Waals surface area contributed by atoms with Crippen LogP contribution < -0.4 is 5.32 Å². The summed E-state index contributed by atoms with van der Waals surface area (Å²) < 4.78 is 0. The Morgan fingerprint density at radius 1 is 1.17 bits per heavy atom. The highest BCUT2D eigenvalue weighted by Crippen LogP contribution is 2.30. The molecular formula is C19H20ClNO2. The monoisotopic (exact) mass is 329 g/mol. The third kappa shape index (κ3) is 3.74. The van der Waals surface area contributed by atoms with Gasteiger partial charge in [0.1, 0.15) is 0 Å². The molecule has 0 aromatic heterocycles. The van der Waals surface area contributed by atoms with Crippen molar-refractivity contribution in [2.75, 3.05) is 0 Å². The lowest BCUT2D eigenvalue weighted by Gasteiger charge is -2.26. The van der Waals surface area contributed by atoms with E-state index in [0.717, 1.165) is 12.8 Å². The van der Waals surface area contributed by atoms with E-state index in [1.807, 2.05) is 12.1 Å². The first kappa shape index (κ1) is 16.0. The number of aliphatic hydroxyl groups is 1. The minimum absolute atomic E-state index is 0.0492. The number of carbonyl (C=O) groups excluding carboxylic acids is 1. The summed E-state index contributed by atoms with van der Waals surface area (Å²) in [6.45, 7) is 2.06. The zero-order valence-corrected chi connectivity index (χ0v) is 13.8. The maximum Gasteiger partial charge on any atom is 0.223 e. The van der Waals surface area contributed by atoms with Gasteiger partial charge in [0.2, 0.25) is 5.91 Å². The molecule has 0 bridgehead atoms. The Morgan fingerprint density at radius 2 is 1.74 bits per heavy atom. The minimum Gasteiger partial charge on any atom is -0.388 e. The summed E-state index contributed by atoms with van der Waals surface area (Å²) >= 11 is 5.84. The average molecular weight is 330 g/mol. The first-order chi connectivity index (χ1) is 11.0. The Bertz CT molecular complexity index is 687. The quantitative estimate of drug-likeness (QED) is 0.902. The summed E-state index contributed by atoms with van der Waals surface area (Å²) in [7, 11) is 0. The molecule has 1 aliphatic rings. The van der Waals surface area contributed by atoms with Crippen molar-refractivity contribution in [3.8, 4) is 0 Å². The Morgan fingerprint density at radius 3 is 2.30 bits per heavy atom. The molecule has 2 aromatic carbocycles. The van der Waals surface area contributed by atoms with Crippen LogP contribution in [0, 0.1) is 0 Å². The van der Waals surface area contributed by atoms with Crippen molar-refractivity contribution >= 4 is 17.5 Å². The van der Waals surface area contributed by atoms with Gasteiger partial charge in [-0.1, -0.05) is 48.0 Å². The van der Waals surface area contributed by atoms with Crippen molar-refractivity contribution < 1.29 is 9.90 Å². The fourth-order valence-electron chi connectivity index (χ4n) is 3.26. The largest absolute Gasteiger partial charge is 0.388 e. The van der Waals surface area contributed by atoms with Gasteiger partial charge in [-0.15, -0.1) is 0 Å². The molecular weight excluding hydrogens is 310 g/mol. The Kier molecular flexibility index (Phi) is 4.42. The van der Waals surface area contributed by atoms with E-state index in [2.05, 4.69) is 24.4 Å². The van der Waals surface area contributed by atoms with E-state index >= 15 is 0 Å². The fraction of sp³-hybridized carbons (Fsp3) is 0.316. The molecule has 2 N–H and O–H groups in total. The summed E-state index contributed by atoms with van der Waals surface area (Å²) in [5.41, 5.74) is 2.99. The molecule has 120 valence electrons. The number of fused-ring (bicyclic) bond motifs is 1. The van der Waals surface area contributed by atoms with E-state index in [9.17, 15) is 9.90 Å². The SMILES string of the molecule is CC1(NC(=O)CC(O)c2ccc(Cl)cc2)Cc2ccccc2C1. The third-order valence-electron chi connectivity index (χ3n) is 4.35. The fourth-order valence-corrected chi connectivity index (χ4v) is 3.39. The molecule has 1 atom stereocenters. The number of amides is 1. The Labute approximate surface area is 141 Å². The normalized spacial score (nSPS) is 16.7. The molecule has 2 aromatic rings. The van der Waals surface area contributed by atoms with Crippen LogP contribution in [0.3, 0.4) is 0 Å². The van der Waals surface area contributed by atoms with Gasteiger partial charge in [-0.3, -0.25) is 4.79 Å². The molecule has 0 saturated carbocycles. The highest BCUT2D eigenvalue weighted by atomic mass is 35.5. The van der Waals surface area contributed by atoms with Crippen LogP contribution in [0.4, 0.5) is 0 Å². The van der Waals surface area contributed by atoms with Gasteiger partial charge in [0.25, 0.3) is 0 Å². The first-order valence-electron chi connectivity index (χ1n) is 7.76. The van der Waals surface area contributed by atoms with E-state index in [1.165, 1.54) is 11.1 Å². The van der Waals surface area contributed by atoms with Crippen molar-refractivity contribution in [3.05, 3.63) is 70.2 Å². The number of aliphatic hydroxyl groups excluding tert-OH is 1. The van der Waals surface area contributed by atoms with Gasteiger partial charge in [0.15, 0.2) is 0 Å². The molecule has 23 heavy (non-hydrogen) atoms. The predicted octanol–water partition coefficient (Wildman–Crippen LogP) is 3.44. The van der Waals surface area contributed by atoms with Crippen molar-refractivity contribution in [3.63, 3.8) is 0 Å². The van der Waals surface area contributed by atoms with E-state index in [1.54, 1.807) is 24.3 Å². The lowest BCUT2D eigenvalue weighted by atomic mass is 9.97. The van der Waals surface area contributed by atoms with Crippen molar-refractivity contribution in [1.82, 2.24) is 5.32 Å². The molecule has 1 aliphatic carbocycles. The topological polar surface area (TPSA) is 49.3 Å². The van der Waals surface area contributed by atoms with Crippen LogP contribution in [0.5, 0.6) is 0 Å². The standard InChI is InChI=1S/C19H20ClNO2/c1-19(11-14-4-2-3-5-15(14)12-19)21-18(23)10-17(22)13-6-8-16(20)9-7-13/h2-9,17,22H,10-12H2,1H3,(H,21,23). The van der Waals surface area contributed by atoms with Gasteiger partial charge in [0.05, 0.1) is 12.5 Å². The van der Waals surface area contributed by atoms with Gasteiger partial charge >= 0.3 is 0 Å². The zero-order valence-electron chi connectivity index (χ0n) is 13.1. The molecule has 0 saturated heterocycles. The Balaban J connectivity index is 1.60. The molecule has 1 amide bonds. The van der Waals surface area contributed by atoms with Crippen LogP contribution in [-0.4, -0.2) is 16.6 Å². The Hall–Kier alpha value is -1.84. The number of hydrogen-bond donors (Lipinski definition) is 2. The van der Waals surface area contributed by atoms with Gasteiger partial charge in [-0.25, -0.2) is 0 Å². The molecule has 0 fully saturated rings. The average Bonchev–Trinajstić information content (AvgIpc) is 2.82. The second kappa shape index (κ2) is 6.34. The van der Waals surface area contributed by atoms with Crippen LogP contribution >= 0.6 is 11.6 Å². The van der Waals surface area contributed by atoms with E-state index in [4.69, 9.17) is 11.6 Å². The lowest BCUT2D eigenvalue weighted by molar-refractivity contribution is -0.124. The van der Waals surface area contributed by atoms with Crippen molar-refractivity contribution in [1.29, 1.82) is 0 Å². The van der Waals surface area contributed by atoms with Gasteiger partial charge < -0.3 is 10.4 Å². The molecule has 0 heterocycles. The highest BCUT2D eigenvalue weighted by Gasteiger charge is 2.34. The van der Waals surface area contributed by atoms with Crippen LogP contribution in [-0.2, 0) is 17.6 Å². The second-order valence-corrected chi connectivity index (χ2v) is 6.94. The van der Waals surface area contributed by atoms with E-state index in [0.29, 0.717) is 10.6 Å². The van der Waals surface area contributed by atoms with Gasteiger partial charge in [-0.2, -0.15) is 0 Å². The summed E-state index contributed by atoms with van der Waals surface area (Å²) in [5, 5.41) is 13.9. The maximum absolute atomic E-state index is 12.3. The number of carbonyl (C=O) groups is 1. The number of hydrogen-bond acceptors (Lipinski definition) is 2. The third-order valence-corrected chi connectivity index (χ3v) is 4.61. The number of benzene rings is 2. The molecule has 3 nitrogen and oxygen atoms in total. The second-order valence-electron chi connectivity index (χ2n) is 6.50. The molecule has 4 heteroatoms. The van der Waals surface area contributed by atoms with E-state index < -0.39 is 6.10 Å². The highest BCUT2D eigenvalue weighted by molar-refractivity contribution is 6.30. The van der Waals surface area contributed by atoms with Crippen LogP contribution in [0.1, 0.15) is 36.1 Å². The minimum atomic E-state index is -0.820. The summed E-state index contributed by atoms with van der Waals surface area (Å²) in [6.07, 6.45) is 0.880. The van der Waals surface area contributed by atoms with Crippen molar-refractivity contribution in [2.45, 2.75) is 37.8 Å². The smallest absolute Gasteiger partial charge is 0.223 e. The molecule has 1 unspecified atom stereocenters. The molecule has 0 aliphatic heterocycles. The predicted molar refractivity (Wildman–Crippen MR) is 91.4 cm³/mol. The number of nitrogens with one attached hydrogen (secondary N) is 1. The first-order valence-corrected chi connectivity index (χ1v) is 8.14. The summed E-state index contributed by atoms with van der Waals surface area (Å²) in [6, 6.07) is 15.2. The number of rotatable bonds is 4. The molecule has 3 rings (SSSR count). The summed E-state index contributed by atoms with van der Waals surface area (Å²) in [4.78, 5) is 12.3. The molecule has 0 spiro atoms. The van der Waals surface area contributed by atoms with Crippen LogP contribution in [0.15, 0.2) is 48.5 Å². The van der Waals surface area contributed by atoms with E-state index in [-0.39, 0.29) is 17.9 Å². The van der Waals surface area contributed by atoms with Crippen molar-refractivity contribution in [2.24, 2.45) is 0 Å². The zero-order chi connectivity index (χ0) is 16.4. The van der Waals surface area contributed by atoms with Crippen LogP contribution in [0.25, 0.3) is 0 Å². The van der Waals surface area contributed by atoms with Crippen LogP contribution in [0.2, 0.25) is 5.02 Å². The lowest BCUT2D eigenvalue weighted by Crippen LogP contribution is -2.47. The van der Waals surface area contributed by atoms with Gasteiger partial charge in [-0.05, 0) is 48.6 Å². The number of halogens is 1. The van der Waals surface area contributed by atoms with Gasteiger partial charge in [0, 0.05) is 10.6 Å².